The van der Waals surface area contributed by atoms with Crippen molar-refractivity contribution in [2.45, 2.75) is 26.4 Å². The third kappa shape index (κ3) is 4.12. The summed E-state index contributed by atoms with van der Waals surface area (Å²) in [5.74, 6) is -0.259. The van der Waals surface area contributed by atoms with Gasteiger partial charge < -0.3 is 4.52 Å². The number of hydrogen-bond acceptors (Lipinski definition) is 4. The SMILES string of the molecule is Cc1ccc(-n2cc(CN(C)C(C)c3ccon3)c(-c3ccc(F)cc3)n2)cc1. The monoisotopic (exact) mass is 390 g/mol. The van der Waals surface area contributed by atoms with Gasteiger partial charge in [0.15, 0.2) is 0 Å². The van der Waals surface area contributed by atoms with E-state index in [0.29, 0.717) is 6.54 Å². The van der Waals surface area contributed by atoms with E-state index in [1.165, 1.54) is 17.7 Å². The Balaban J connectivity index is 1.70. The highest BCUT2D eigenvalue weighted by Gasteiger charge is 2.19. The maximum absolute atomic E-state index is 13.4. The molecule has 2 heterocycles. The van der Waals surface area contributed by atoms with E-state index >= 15 is 0 Å². The summed E-state index contributed by atoms with van der Waals surface area (Å²) in [4.78, 5) is 2.18. The van der Waals surface area contributed by atoms with Gasteiger partial charge in [0.2, 0.25) is 0 Å². The predicted molar refractivity (Wildman–Crippen MR) is 110 cm³/mol. The normalized spacial score (nSPS) is 12.4. The molecule has 4 aromatic rings. The van der Waals surface area contributed by atoms with E-state index in [-0.39, 0.29) is 11.9 Å². The van der Waals surface area contributed by atoms with Crippen LogP contribution >= 0.6 is 0 Å². The molecule has 29 heavy (non-hydrogen) atoms. The molecule has 0 aliphatic heterocycles. The van der Waals surface area contributed by atoms with E-state index in [2.05, 4.69) is 36.0 Å². The van der Waals surface area contributed by atoms with Crippen molar-refractivity contribution in [3.8, 4) is 16.9 Å². The molecule has 0 N–H and O–H groups in total. The molecule has 1 unspecified atom stereocenters. The molecule has 0 amide bonds. The number of hydrogen-bond donors (Lipinski definition) is 0. The molecule has 0 aliphatic carbocycles. The van der Waals surface area contributed by atoms with Gasteiger partial charge >= 0.3 is 0 Å². The number of nitrogens with zero attached hydrogens (tertiary/aromatic N) is 4. The highest BCUT2D eigenvalue weighted by atomic mass is 19.1. The van der Waals surface area contributed by atoms with E-state index in [1.54, 1.807) is 18.4 Å². The molecule has 0 saturated heterocycles. The summed E-state index contributed by atoms with van der Waals surface area (Å²) >= 11 is 0. The zero-order chi connectivity index (χ0) is 20.4. The van der Waals surface area contributed by atoms with Gasteiger partial charge in [0.25, 0.3) is 0 Å². The van der Waals surface area contributed by atoms with Crippen LogP contribution in [0.15, 0.2) is 71.6 Å². The summed E-state index contributed by atoms with van der Waals surface area (Å²) in [6.07, 6.45) is 3.62. The minimum Gasteiger partial charge on any atom is -0.364 e. The summed E-state index contributed by atoms with van der Waals surface area (Å²) in [7, 11) is 2.04. The first-order valence-corrected chi connectivity index (χ1v) is 9.53. The highest BCUT2D eigenvalue weighted by Crippen LogP contribution is 2.27. The Morgan fingerprint density at radius 1 is 1.07 bits per heavy atom. The average molecular weight is 390 g/mol. The van der Waals surface area contributed by atoms with Crippen LogP contribution in [-0.4, -0.2) is 26.9 Å². The van der Waals surface area contributed by atoms with Gasteiger partial charge in [-0.1, -0.05) is 22.9 Å². The number of rotatable bonds is 6. The summed E-state index contributed by atoms with van der Waals surface area (Å²) in [6, 6.07) is 16.6. The lowest BCUT2D eigenvalue weighted by molar-refractivity contribution is 0.241. The topological polar surface area (TPSA) is 47.1 Å². The number of halogens is 1. The number of aromatic nitrogens is 3. The van der Waals surface area contributed by atoms with Gasteiger partial charge in [0.1, 0.15) is 17.8 Å². The van der Waals surface area contributed by atoms with Crippen molar-refractivity contribution in [3.63, 3.8) is 0 Å². The molecular weight excluding hydrogens is 367 g/mol. The third-order valence-corrected chi connectivity index (χ3v) is 5.17. The zero-order valence-corrected chi connectivity index (χ0v) is 16.7. The van der Waals surface area contributed by atoms with Crippen molar-refractivity contribution in [1.29, 1.82) is 0 Å². The van der Waals surface area contributed by atoms with E-state index in [4.69, 9.17) is 9.62 Å². The van der Waals surface area contributed by atoms with Crippen LogP contribution in [0.25, 0.3) is 16.9 Å². The van der Waals surface area contributed by atoms with Gasteiger partial charge in [-0.05, 0) is 57.3 Å². The van der Waals surface area contributed by atoms with Gasteiger partial charge in [-0.15, -0.1) is 0 Å². The molecular formula is C23H23FN4O. The maximum atomic E-state index is 13.4. The Hall–Kier alpha value is -3.25. The molecule has 0 saturated carbocycles. The second kappa shape index (κ2) is 8.01. The Morgan fingerprint density at radius 2 is 1.79 bits per heavy atom. The van der Waals surface area contributed by atoms with E-state index < -0.39 is 0 Å². The lowest BCUT2D eigenvalue weighted by Gasteiger charge is -2.22. The fourth-order valence-corrected chi connectivity index (χ4v) is 3.27. The first-order chi connectivity index (χ1) is 14.0. The zero-order valence-electron chi connectivity index (χ0n) is 16.7. The Labute approximate surface area is 169 Å². The van der Waals surface area contributed by atoms with E-state index in [1.807, 2.05) is 36.1 Å². The van der Waals surface area contributed by atoms with Crippen molar-refractivity contribution < 1.29 is 8.91 Å². The van der Waals surface area contributed by atoms with Crippen LogP contribution in [0.2, 0.25) is 0 Å². The third-order valence-electron chi connectivity index (χ3n) is 5.17. The summed E-state index contributed by atoms with van der Waals surface area (Å²) in [5, 5.41) is 8.87. The van der Waals surface area contributed by atoms with Crippen LogP contribution in [0.1, 0.15) is 29.8 Å². The molecule has 0 spiro atoms. The van der Waals surface area contributed by atoms with Crippen LogP contribution in [0.4, 0.5) is 4.39 Å². The second-order valence-electron chi connectivity index (χ2n) is 7.31. The molecule has 0 aliphatic rings. The van der Waals surface area contributed by atoms with Crippen LogP contribution in [0, 0.1) is 12.7 Å². The molecule has 0 fully saturated rings. The predicted octanol–water partition coefficient (Wildman–Crippen LogP) is 5.17. The van der Waals surface area contributed by atoms with Crippen molar-refractivity contribution in [3.05, 3.63) is 89.7 Å². The molecule has 0 radical (unpaired) electrons. The smallest absolute Gasteiger partial charge is 0.124 e. The van der Waals surface area contributed by atoms with Crippen LogP contribution < -0.4 is 0 Å². The molecule has 2 aromatic carbocycles. The standard InChI is InChI=1S/C23H23FN4O/c1-16-4-10-21(11-5-16)28-15-19(14-27(3)17(2)22-12-13-29-26-22)23(25-28)18-6-8-20(24)9-7-18/h4-13,15,17H,14H2,1-3H3. The Morgan fingerprint density at radius 3 is 2.45 bits per heavy atom. The molecule has 1 atom stereocenters. The lowest BCUT2D eigenvalue weighted by Crippen LogP contribution is -2.22. The number of benzene rings is 2. The van der Waals surface area contributed by atoms with Crippen molar-refractivity contribution >= 4 is 0 Å². The van der Waals surface area contributed by atoms with Crippen molar-refractivity contribution in [1.82, 2.24) is 19.8 Å². The maximum Gasteiger partial charge on any atom is 0.124 e. The molecule has 5 nitrogen and oxygen atoms in total. The second-order valence-corrected chi connectivity index (χ2v) is 7.31. The Bertz CT molecular complexity index is 1070. The largest absolute Gasteiger partial charge is 0.364 e. The molecule has 0 bridgehead atoms. The minimum absolute atomic E-state index is 0.0811. The Kier molecular flexibility index (Phi) is 5.27. The lowest BCUT2D eigenvalue weighted by atomic mass is 10.1. The fraction of sp³-hybridized carbons (Fsp3) is 0.217. The summed E-state index contributed by atoms with van der Waals surface area (Å²) < 4.78 is 20.3. The van der Waals surface area contributed by atoms with E-state index in [9.17, 15) is 4.39 Å². The minimum atomic E-state index is -0.259. The van der Waals surface area contributed by atoms with Gasteiger partial charge in [0, 0.05) is 29.9 Å². The number of aryl methyl sites for hydroxylation is 1. The summed E-state index contributed by atoms with van der Waals surface area (Å²) in [6.45, 7) is 4.80. The first-order valence-electron chi connectivity index (χ1n) is 9.53. The quantitative estimate of drug-likeness (QED) is 0.456. The van der Waals surface area contributed by atoms with Crippen LogP contribution in [-0.2, 0) is 6.54 Å². The van der Waals surface area contributed by atoms with Crippen molar-refractivity contribution in [2.24, 2.45) is 0 Å². The fourth-order valence-electron chi connectivity index (χ4n) is 3.27. The van der Waals surface area contributed by atoms with E-state index in [0.717, 1.165) is 28.2 Å². The van der Waals surface area contributed by atoms with Gasteiger partial charge in [0.05, 0.1) is 17.4 Å². The average Bonchev–Trinajstić information content (AvgIpc) is 3.39. The molecule has 2 aromatic heterocycles. The van der Waals surface area contributed by atoms with Crippen LogP contribution in [0.5, 0.6) is 0 Å². The van der Waals surface area contributed by atoms with Crippen molar-refractivity contribution in [2.75, 3.05) is 7.05 Å². The molecule has 6 heteroatoms. The molecule has 148 valence electrons. The van der Waals surface area contributed by atoms with Crippen LogP contribution in [0.3, 0.4) is 0 Å². The van der Waals surface area contributed by atoms with Gasteiger partial charge in [-0.3, -0.25) is 4.90 Å². The highest BCUT2D eigenvalue weighted by molar-refractivity contribution is 5.63. The molecule has 4 rings (SSSR count). The summed E-state index contributed by atoms with van der Waals surface area (Å²) in [5.41, 5.74) is 5.83. The first kappa shape index (κ1) is 19.1. The van der Waals surface area contributed by atoms with Gasteiger partial charge in [-0.25, -0.2) is 9.07 Å². The van der Waals surface area contributed by atoms with Gasteiger partial charge in [-0.2, -0.15) is 5.10 Å².